The van der Waals surface area contributed by atoms with Gasteiger partial charge in [0.2, 0.25) is 0 Å². The van der Waals surface area contributed by atoms with Gasteiger partial charge in [-0.3, -0.25) is 9.78 Å². The number of nitrogens with one attached hydrogen (secondary N) is 1. The molecule has 1 amide bonds. The van der Waals surface area contributed by atoms with Crippen molar-refractivity contribution in [1.82, 2.24) is 4.98 Å². The molecule has 0 spiro atoms. The van der Waals surface area contributed by atoms with Crippen LogP contribution in [0.25, 0.3) is 0 Å². The van der Waals surface area contributed by atoms with Crippen molar-refractivity contribution in [2.24, 2.45) is 0 Å². The number of aromatic nitrogens is 1. The van der Waals surface area contributed by atoms with E-state index in [-0.39, 0.29) is 5.91 Å². The van der Waals surface area contributed by atoms with Gasteiger partial charge in [-0.15, -0.1) is 0 Å². The van der Waals surface area contributed by atoms with E-state index < -0.39 is 0 Å². The van der Waals surface area contributed by atoms with Gasteiger partial charge in [-0.2, -0.15) is 0 Å². The first-order valence-electron chi connectivity index (χ1n) is 6.30. The van der Waals surface area contributed by atoms with E-state index in [9.17, 15) is 4.79 Å². The maximum absolute atomic E-state index is 12.2. The molecule has 0 radical (unpaired) electrons. The molecule has 0 saturated carbocycles. The summed E-state index contributed by atoms with van der Waals surface area (Å²) >= 11 is 0. The molecule has 0 bridgehead atoms. The number of nitrogens with two attached hydrogens (primary N) is 1. The Labute approximate surface area is 117 Å². The number of ether oxygens (including phenoxy) is 1. The van der Waals surface area contributed by atoms with Gasteiger partial charge in [-0.25, -0.2) is 0 Å². The molecule has 1 heterocycles. The number of benzene rings is 1. The van der Waals surface area contributed by atoms with E-state index in [0.29, 0.717) is 17.9 Å². The average molecular weight is 271 g/mol. The smallest absolute Gasteiger partial charge is 0.257 e. The van der Waals surface area contributed by atoms with E-state index in [0.717, 1.165) is 17.7 Å². The Morgan fingerprint density at radius 2 is 2.15 bits per heavy atom. The molecule has 0 atom stereocenters. The molecule has 0 fully saturated rings. The molecule has 2 aromatic rings. The van der Waals surface area contributed by atoms with Crippen molar-refractivity contribution in [2.75, 3.05) is 24.8 Å². The fourth-order valence-corrected chi connectivity index (χ4v) is 1.88. The number of para-hydroxylation sites is 1. The van der Waals surface area contributed by atoms with E-state index >= 15 is 0 Å². The number of nitrogen functional groups attached to an aromatic ring is 1. The van der Waals surface area contributed by atoms with Crippen LogP contribution in [0.1, 0.15) is 15.9 Å². The predicted molar refractivity (Wildman–Crippen MR) is 78.6 cm³/mol. The van der Waals surface area contributed by atoms with Crippen molar-refractivity contribution >= 4 is 17.3 Å². The maximum atomic E-state index is 12.2. The summed E-state index contributed by atoms with van der Waals surface area (Å²) in [6.45, 7) is 0.601. The SMILES string of the molecule is COCCc1ccccc1NC(=O)c1ccncc1N. The van der Waals surface area contributed by atoms with E-state index in [1.54, 1.807) is 19.4 Å². The highest BCUT2D eigenvalue weighted by molar-refractivity contribution is 6.07. The fraction of sp³-hybridized carbons (Fsp3) is 0.200. The quantitative estimate of drug-likeness (QED) is 0.873. The fourth-order valence-electron chi connectivity index (χ4n) is 1.88. The number of anilines is 2. The third-order valence-corrected chi connectivity index (χ3v) is 2.94. The van der Waals surface area contributed by atoms with Crippen molar-refractivity contribution in [3.05, 3.63) is 53.9 Å². The summed E-state index contributed by atoms with van der Waals surface area (Å²) in [6.07, 6.45) is 3.74. The van der Waals surface area contributed by atoms with Gasteiger partial charge in [0.25, 0.3) is 5.91 Å². The van der Waals surface area contributed by atoms with Gasteiger partial charge in [0.15, 0.2) is 0 Å². The molecule has 5 heteroatoms. The summed E-state index contributed by atoms with van der Waals surface area (Å²) in [4.78, 5) is 16.1. The zero-order valence-electron chi connectivity index (χ0n) is 11.3. The topological polar surface area (TPSA) is 77.2 Å². The molecule has 0 unspecified atom stereocenters. The van der Waals surface area contributed by atoms with Crippen molar-refractivity contribution < 1.29 is 9.53 Å². The number of hydrogen-bond donors (Lipinski definition) is 2. The monoisotopic (exact) mass is 271 g/mol. The molecule has 0 saturated heterocycles. The molecule has 2 rings (SSSR count). The number of amides is 1. The van der Waals surface area contributed by atoms with Crippen LogP contribution in [0.2, 0.25) is 0 Å². The second-order valence-corrected chi connectivity index (χ2v) is 4.32. The van der Waals surface area contributed by atoms with Crippen LogP contribution in [0, 0.1) is 0 Å². The zero-order chi connectivity index (χ0) is 14.4. The maximum Gasteiger partial charge on any atom is 0.257 e. The Balaban J connectivity index is 2.18. The Bertz CT molecular complexity index is 599. The predicted octanol–water partition coefficient (Wildman–Crippen LogP) is 2.10. The summed E-state index contributed by atoms with van der Waals surface area (Å²) in [6, 6.07) is 9.23. The van der Waals surface area contributed by atoms with E-state index in [4.69, 9.17) is 10.5 Å². The van der Waals surface area contributed by atoms with Crippen molar-refractivity contribution in [2.45, 2.75) is 6.42 Å². The van der Waals surface area contributed by atoms with E-state index in [1.807, 2.05) is 24.3 Å². The summed E-state index contributed by atoms with van der Waals surface area (Å²) in [5.74, 6) is -0.241. The van der Waals surface area contributed by atoms with Crippen molar-refractivity contribution in [1.29, 1.82) is 0 Å². The van der Waals surface area contributed by atoms with Gasteiger partial charge >= 0.3 is 0 Å². The first kappa shape index (κ1) is 14.0. The number of hydrogen-bond acceptors (Lipinski definition) is 4. The summed E-state index contributed by atoms with van der Waals surface area (Å²) in [5, 5.41) is 2.87. The lowest BCUT2D eigenvalue weighted by Crippen LogP contribution is -2.15. The molecule has 1 aromatic heterocycles. The van der Waals surface area contributed by atoms with Gasteiger partial charge in [-0.05, 0) is 24.1 Å². The van der Waals surface area contributed by atoms with Gasteiger partial charge in [0.1, 0.15) is 0 Å². The molecule has 1 aromatic carbocycles. The molecule has 3 N–H and O–H groups in total. The molecule has 0 aliphatic carbocycles. The van der Waals surface area contributed by atoms with Crippen LogP contribution in [0.4, 0.5) is 11.4 Å². The van der Waals surface area contributed by atoms with Crippen LogP contribution in [0.5, 0.6) is 0 Å². The van der Waals surface area contributed by atoms with Crippen molar-refractivity contribution in [3.63, 3.8) is 0 Å². The summed E-state index contributed by atoms with van der Waals surface area (Å²) in [7, 11) is 1.65. The standard InChI is InChI=1S/C15H17N3O2/c1-20-9-7-11-4-2-3-5-14(11)18-15(19)12-6-8-17-10-13(12)16/h2-6,8,10H,7,9,16H2,1H3,(H,18,19). The number of rotatable bonds is 5. The lowest BCUT2D eigenvalue weighted by atomic mass is 10.1. The Kier molecular flexibility index (Phi) is 4.68. The number of pyridine rings is 1. The lowest BCUT2D eigenvalue weighted by Gasteiger charge is -2.11. The highest BCUT2D eigenvalue weighted by atomic mass is 16.5. The minimum Gasteiger partial charge on any atom is -0.397 e. The molecular weight excluding hydrogens is 254 g/mol. The van der Waals surface area contributed by atoms with Crippen LogP contribution >= 0.6 is 0 Å². The largest absolute Gasteiger partial charge is 0.397 e. The number of carbonyl (C=O) groups excluding carboxylic acids is 1. The third kappa shape index (κ3) is 3.33. The van der Waals surface area contributed by atoms with Crippen LogP contribution < -0.4 is 11.1 Å². The first-order valence-corrected chi connectivity index (χ1v) is 6.30. The van der Waals surface area contributed by atoms with Gasteiger partial charge < -0.3 is 15.8 Å². The molecular formula is C15H17N3O2. The van der Waals surface area contributed by atoms with Crippen LogP contribution in [0.3, 0.4) is 0 Å². The Morgan fingerprint density at radius 1 is 1.35 bits per heavy atom. The number of methoxy groups -OCH3 is 1. The zero-order valence-corrected chi connectivity index (χ0v) is 11.3. The number of nitrogens with zero attached hydrogens (tertiary/aromatic N) is 1. The minimum atomic E-state index is -0.241. The normalized spacial score (nSPS) is 10.2. The van der Waals surface area contributed by atoms with E-state index in [1.165, 1.54) is 6.20 Å². The second kappa shape index (κ2) is 6.68. The third-order valence-electron chi connectivity index (χ3n) is 2.94. The van der Waals surface area contributed by atoms with Crippen LogP contribution in [-0.2, 0) is 11.2 Å². The highest BCUT2D eigenvalue weighted by Crippen LogP contribution is 2.18. The van der Waals surface area contributed by atoms with Gasteiger partial charge in [0, 0.05) is 19.0 Å². The van der Waals surface area contributed by atoms with Crippen LogP contribution in [0.15, 0.2) is 42.7 Å². The molecule has 104 valence electrons. The lowest BCUT2D eigenvalue weighted by molar-refractivity contribution is 0.102. The van der Waals surface area contributed by atoms with E-state index in [2.05, 4.69) is 10.3 Å². The average Bonchev–Trinajstić information content (AvgIpc) is 2.46. The van der Waals surface area contributed by atoms with Gasteiger partial charge in [0.05, 0.1) is 24.1 Å². The molecule has 5 nitrogen and oxygen atoms in total. The first-order chi connectivity index (χ1) is 9.72. The Morgan fingerprint density at radius 3 is 2.90 bits per heavy atom. The summed E-state index contributed by atoms with van der Waals surface area (Å²) in [5.41, 5.74) is 8.32. The van der Waals surface area contributed by atoms with Crippen LogP contribution in [-0.4, -0.2) is 24.6 Å². The number of carbonyl (C=O) groups is 1. The molecule has 0 aliphatic rings. The minimum absolute atomic E-state index is 0.241. The second-order valence-electron chi connectivity index (χ2n) is 4.32. The van der Waals surface area contributed by atoms with Gasteiger partial charge in [-0.1, -0.05) is 18.2 Å². The highest BCUT2D eigenvalue weighted by Gasteiger charge is 2.11. The van der Waals surface area contributed by atoms with Crippen molar-refractivity contribution in [3.8, 4) is 0 Å². The molecule has 0 aliphatic heterocycles. The summed E-state index contributed by atoms with van der Waals surface area (Å²) < 4.78 is 5.07. The molecule has 20 heavy (non-hydrogen) atoms. The Hall–Kier alpha value is -2.40.